The second-order valence-corrected chi connectivity index (χ2v) is 7.77. The van der Waals surface area contributed by atoms with Crippen LogP contribution in [0.2, 0.25) is 0 Å². The Morgan fingerprint density at radius 1 is 0.966 bits per heavy atom. The van der Waals surface area contributed by atoms with Crippen molar-refractivity contribution < 1.29 is 14.4 Å². The lowest BCUT2D eigenvalue weighted by molar-refractivity contribution is -0.123. The summed E-state index contributed by atoms with van der Waals surface area (Å²) in [5.74, 6) is -0.365. The second kappa shape index (κ2) is 8.17. The topological polar surface area (TPSA) is 69.7 Å². The zero-order valence-corrected chi connectivity index (χ0v) is 16.5. The Morgan fingerprint density at radius 2 is 1.62 bits per heavy atom. The van der Waals surface area contributed by atoms with E-state index in [4.69, 9.17) is 0 Å². The van der Waals surface area contributed by atoms with Gasteiger partial charge in [-0.05, 0) is 44.0 Å². The summed E-state index contributed by atoms with van der Waals surface area (Å²) in [6.07, 6.45) is 1.75. The van der Waals surface area contributed by atoms with Crippen molar-refractivity contribution in [2.75, 3.05) is 18.0 Å². The first kappa shape index (κ1) is 19.3. The summed E-state index contributed by atoms with van der Waals surface area (Å²) in [4.78, 5) is 41.2. The highest BCUT2D eigenvalue weighted by atomic mass is 16.2. The Labute approximate surface area is 170 Å². The molecule has 6 heteroatoms. The van der Waals surface area contributed by atoms with Crippen molar-refractivity contribution in [2.45, 2.75) is 38.3 Å². The molecule has 0 aliphatic carbocycles. The molecule has 0 radical (unpaired) electrons. The van der Waals surface area contributed by atoms with E-state index in [9.17, 15) is 14.4 Å². The van der Waals surface area contributed by atoms with Gasteiger partial charge in [0.15, 0.2) is 0 Å². The largest absolute Gasteiger partial charge is 0.349 e. The Balaban J connectivity index is 1.35. The van der Waals surface area contributed by atoms with Crippen molar-refractivity contribution in [3.05, 3.63) is 65.7 Å². The number of piperidine rings is 1. The first-order chi connectivity index (χ1) is 14.0. The molecule has 0 saturated carbocycles. The molecule has 2 aliphatic heterocycles. The van der Waals surface area contributed by atoms with Crippen LogP contribution < -0.4 is 10.2 Å². The third-order valence-corrected chi connectivity index (χ3v) is 5.76. The predicted molar refractivity (Wildman–Crippen MR) is 111 cm³/mol. The van der Waals surface area contributed by atoms with Crippen molar-refractivity contribution in [3.63, 3.8) is 0 Å². The zero-order valence-electron chi connectivity index (χ0n) is 16.5. The van der Waals surface area contributed by atoms with Gasteiger partial charge in [0.25, 0.3) is 11.8 Å². The molecule has 29 heavy (non-hydrogen) atoms. The zero-order chi connectivity index (χ0) is 20.4. The van der Waals surface area contributed by atoms with Crippen molar-refractivity contribution in [2.24, 2.45) is 0 Å². The molecule has 0 aromatic heterocycles. The quantitative estimate of drug-likeness (QED) is 0.813. The number of nitrogens with zero attached hydrogens (tertiary/aromatic N) is 2. The van der Waals surface area contributed by atoms with Gasteiger partial charge in [0, 0.05) is 24.7 Å². The summed E-state index contributed by atoms with van der Waals surface area (Å²) >= 11 is 0. The van der Waals surface area contributed by atoms with Crippen molar-refractivity contribution >= 4 is 23.4 Å². The molecule has 2 heterocycles. The molecule has 1 N–H and O–H groups in total. The Morgan fingerprint density at radius 3 is 2.28 bits per heavy atom. The number of rotatable bonds is 4. The number of hydrogen-bond donors (Lipinski definition) is 1. The minimum absolute atomic E-state index is 0.0679. The van der Waals surface area contributed by atoms with E-state index in [-0.39, 0.29) is 30.2 Å². The molecule has 2 fully saturated rings. The molecule has 2 aliphatic rings. The van der Waals surface area contributed by atoms with Gasteiger partial charge < -0.3 is 5.32 Å². The van der Waals surface area contributed by atoms with E-state index in [0.717, 1.165) is 18.4 Å². The fourth-order valence-electron chi connectivity index (χ4n) is 4.08. The Bertz CT molecular complexity index is 903. The summed E-state index contributed by atoms with van der Waals surface area (Å²) in [6, 6.07) is 16.3. The minimum Gasteiger partial charge on any atom is -0.349 e. The van der Waals surface area contributed by atoms with Crippen LogP contribution in [0.1, 0.15) is 35.2 Å². The highest BCUT2D eigenvalue weighted by Gasteiger charge is 2.43. The number of imide groups is 1. The number of aryl methyl sites for hydroxylation is 1. The molecule has 4 rings (SSSR count). The van der Waals surface area contributed by atoms with Crippen LogP contribution in [0, 0.1) is 6.92 Å². The highest BCUT2D eigenvalue weighted by molar-refractivity contribution is 6.22. The van der Waals surface area contributed by atoms with Crippen LogP contribution >= 0.6 is 0 Å². The van der Waals surface area contributed by atoms with Gasteiger partial charge in [0.2, 0.25) is 5.91 Å². The summed E-state index contributed by atoms with van der Waals surface area (Å²) in [6.45, 7) is 3.34. The first-order valence-electron chi connectivity index (χ1n) is 10.1. The number of nitrogens with one attached hydrogen (secondary N) is 1. The molecular formula is C23H25N3O3. The SMILES string of the molecule is Cc1ccc(N2C(=O)CC(N3CCC(NC(=O)c4ccccc4)CC3)C2=O)cc1. The molecule has 3 amide bonds. The molecule has 150 valence electrons. The van der Waals surface area contributed by atoms with Gasteiger partial charge >= 0.3 is 0 Å². The molecule has 0 spiro atoms. The molecule has 2 aromatic carbocycles. The van der Waals surface area contributed by atoms with E-state index in [1.807, 2.05) is 49.4 Å². The number of carbonyl (C=O) groups excluding carboxylic acids is 3. The van der Waals surface area contributed by atoms with Gasteiger partial charge in [-0.2, -0.15) is 0 Å². The van der Waals surface area contributed by atoms with E-state index in [1.54, 1.807) is 12.1 Å². The smallest absolute Gasteiger partial charge is 0.251 e. The lowest BCUT2D eigenvalue weighted by Crippen LogP contribution is -2.50. The van der Waals surface area contributed by atoms with E-state index in [2.05, 4.69) is 10.2 Å². The maximum Gasteiger partial charge on any atom is 0.251 e. The summed E-state index contributed by atoms with van der Waals surface area (Å²) < 4.78 is 0. The number of carbonyl (C=O) groups is 3. The average molecular weight is 391 g/mol. The maximum atomic E-state index is 12.9. The van der Waals surface area contributed by atoms with Crippen LogP contribution in [0.3, 0.4) is 0 Å². The van der Waals surface area contributed by atoms with Gasteiger partial charge in [-0.25, -0.2) is 4.90 Å². The monoisotopic (exact) mass is 391 g/mol. The van der Waals surface area contributed by atoms with E-state index < -0.39 is 6.04 Å². The van der Waals surface area contributed by atoms with Gasteiger partial charge in [-0.3, -0.25) is 19.3 Å². The summed E-state index contributed by atoms with van der Waals surface area (Å²) in [5, 5.41) is 3.08. The number of amides is 3. The molecule has 6 nitrogen and oxygen atoms in total. The Kier molecular flexibility index (Phi) is 5.45. The molecule has 1 atom stereocenters. The van der Waals surface area contributed by atoms with Crippen LogP contribution in [0.25, 0.3) is 0 Å². The van der Waals surface area contributed by atoms with Gasteiger partial charge in [0.05, 0.1) is 18.2 Å². The number of hydrogen-bond acceptors (Lipinski definition) is 4. The minimum atomic E-state index is -0.408. The fourth-order valence-corrected chi connectivity index (χ4v) is 4.08. The van der Waals surface area contributed by atoms with Crippen LogP contribution in [0.5, 0.6) is 0 Å². The standard InChI is InChI=1S/C23H25N3O3/c1-16-7-9-19(10-8-16)26-21(27)15-20(23(26)29)25-13-11-18(12-14-25)24-22(28)17-5-3-2-4-6-17/h2-10,18,20H,11-15H2,1H3,(H,24,28). The van der Waals surface area contributed by atoms with E-state index in [1.165, 1.54) is 4.90 Å². The van der Waals surface area contributed by atoms with Gasteiger partial charge in [-0.1, -0.05) is 35.9 Å². The third-order valence-electron chi connectivity index (χ3n) is 5.76. The average Bonchev–Trinajstić information content (AvgIpc) is 3.04. The van der Waals surface area contributed by atoms with Crippen LogP contribution in [-0.4, -0.2) is 47.8 Å². The van der Waals surface area contributed by atoms with Crippen LogP contribution in [0.4, 0.5) is 5.69 Å². The molecule has 0 bridgehead atoms. The highest BCUT2D eigenvalue weighted by Crippen LogP contribution is 2.27. The Hall–Kier alpha value is -2.99. The van der Waals surface area contributed by atoms with Crippen molar-refractivity contribution in [1.29, 1.82) is 0 Å². The van der Waals surface area contributed by atoms with Crippen LogP contribution in [0.15, 0.2) is 54.6 Å². The van der Waals surface area contributed by atoms with E-state index >= 15 is 0 Å². The van der Waals surface area contributed by atoms with E-state index in [0.29, 0.717) is 24.3 Å². The maximum absolute atomic E-state index is 12.9. The third kappa shape index (κ3) is 4.07. The fraction of sp³-hybridized carbons (Fsp3) is 0.348. The normalized spacial score (nSPS) is 20.9. The number of anilines is 1. The second-order valence-electron chi connectivity index (χ2n) is 7.77. The molecular weight excluding hydrogens is 366 g/mol. The van der Waals surface area contributed by atoms with Crippen molar-refractivity contribution in [3.8, 4) is 0 Å². The van der Waals surface area contributed by atoms with Gasteiger partial charge in [0.1, 0.15) is 0 Å². The van der Waals surface area contributed by atoms with Crippen molar-refractivity contribution in [1.82, 2.24) is 10.2 Å². The summed E-state index contributed by atoms with van der Waals surface area (Å²) in [7, 11) is 0. The predicted octanol–water partition coefficient (Wildman–Crippen LogP) is 2.52. The lowest BCUT2D eigenvalue weighted by Gasteiger charge is -2.35. The summed E-state index contributed by atoms with van der Waals surface area (Å²) in [5.41, 5.74) is 2.38. The molecule has 2 saturated heterocycles. The number of benzene rings is 2. The first-order valence-corrected chi connectivity index (χ1v) is 10.1. The number of likely N-dealkylation sites (tertiary alicyclic amines) is 1. The van der Waals surface area contributed by atoms with Crippen LogP contribution in [-0.2, 0) is 9.59 Å². The molecule has 2 aromatic rings. The van der Waals surface area contributed by atoms with Gasteiger partial charge in [-0.15, -0.1) is 0 Å². The lowest BCUT2D eigenvalue weighted by atomic mass is 10.0. The molecule has 1 unspecified atom stereocenters.